The maximum Gasteiger partial charge on any atom is 0.268 e. The van der Waals surface area contributed by atoms with E-state index in [9.17, 15) is 4.79 Å². The fraction of sp³-hybridized carbons (Fsp3) is 0.500. The highest BCUT2D eigenvalue weighted by Crippen LogP contribution is 2.12. The van der Waals surface area contributed by atoms with Gasteiger partial charge in [0.25, 0.3) is 5.91 Å². The molecule has 4 nitrogen and oxygen atoms in total. The van der Waals surface area contributed by atoms with Gasteiger partial charge < -0.3 is 4.90 Å². The number of terminal acetylenes is 1. The molecule has 0 radical (unpaired) electrons. The highest BCUT2D eigenvalue weighted by atomic mass is 32.1. The van der Waals surface area contributed by atoms with Gasteiger partial charge in [-0.15, -0.1) is 11.5 Å². The van der Waals surface area contributed by atoms with Crippen molar-refractivity contribution in [3.8, 4) is 12.3 Å². The molecule has 0 spiro atoms. The second-order valence-electron chi connectivity index (χ2n) is 3.12. The summed E-state index contributed by atoms with van der Waals surface area (Å²) < 4.78 is 3.74. The van der Waals surface area contributed by atoms with Crippen LogP contribution in [0.1, 0.15) is 28.7 Å². The first-order valence-corrected chi connectivity index (χ1v) is 5.49. The number of aromatic nitrogens is 2. The maximum atomic E-state index is 12.0. The minimum Gasteiger partial charge on any atom is -0.327 e. The second-order valence-corrected chi connectivity index (χ2v) is 3.87. The summed E-state index contributed by atoms with van der Waals surface area (Å²) in [6.07, 6.45) is 6.10. The van der Waals surface area contributed by atoms with Gasteiger partial charge in [0.05, 0.1) is 12.2 Å². The van der Waals surface area contributed by atoms with Crippen molar-refractivity contribution in [2.45, 2.75) is 20.3 Å². The topological polar surface area (TPSA) is 46.1 Å². The number of carbonyl (C=O) groups is 1. The molecule has 1 rings (SSSR count). The SMILES string of the molecule is C#CCN(CCC)C(=O)c1snnc1C. The summed E-state index contributed by atoms with van der Waals surface area (Å²) in [5.41, 5.74) is 0.670. The summed E-state index contributed by atoms with van der Waals surface area (Å²) >= 11 is 1.12. The Morgan fingerprint density at radius 1 is 1.67 bits per heavy atom. The zero-order valence-electron chi connectivity index (χ0n) is 8.86. The number of hydrogen-bond donors (Lipinski definition) is 0. The van der Waals surface area contributed by atoms with Crippen molar-refractivity contribution in [2.75, 3.05) is 13.1 Å². The molecule has 0 N–H and O–H groups in total. The molecule has 0 unspecified atom stereocenters. The van der Waals surface area contributed by atoms with Gasteiger partial charge in [0, 0.05) is 6.54 Å². The first kappa shape index (κ1) is 11.7. The number of hydrogen-bond acceptors (Lipinski definition) is 4. The maximum absolute atomic E-state index is 12.0. The van der Waals surface area contributed by atoms with Crippen molar-refractivity contribution in [1.29, 1.82) is 0 Å². The van der Waals surface area contributed by atoms with E-state index in [-0.39, 0.29) is 5.91 Å². The van der Waals surface area contributed by atoms with E-state index in [1.165, 1.54) is 0 Å². The smallest absolute Gasteiger partial charge is 0.268 e. The van der Waals surface area contributed by atoms with Crippen molar-refractivity contribution in [1.82, 2.24) is 14.5 Å². The molecule has 0 saturated carbocycles. The van der Waals surface area contributed by atoms with Crippen LogP contribution in [0.5, 0.6) is 0 Å². The lowest BCUT2D eigenvalue weighted by Crippen LogP contribution is -2.32. The first-order chi connectivity index (χ1) is 7.20. The summed E-state index contributed by atoms with van der Waals surface area (Å²) in [5, 5.41) is 3.81. The van der Waals surface area contributed by atoms with Crippen LogP contribution in [0.2, 0.25) is 0 Å². The normalized spacial score (nSPS) is 9.67. The first-order valence-electron chi connectivity index (χ1n) is 4.72. The third-order valence-electron chi connectivity index (χ3n) is 1.91. The molecule has 0 aliphatic carbocycles. The molecular weight excluding hydrogens is 210 g/mol. The van der Waals surface area contributed by atoms with Gasteiger partial charge in [0.2, 0.25) is 0 Å². The van der Waals surface area contributed by atoms with Crippen LogP contribution in [-0.2, 0) is 0 Å². The van der Waals surface area contributed by atoms with Gasteiger partial charge in [0.15, 0.2) is 0 Å². The lowest BCUT2D eigenvalue weighted by molar-refractivity contribution is 0.0781. The van der Waals surface area contributed by atoms with Crippen molar-refractivity contribution in [3.05, 3.63) is 10.6 Å². The molecule has 1 amide bonds. The van der Waals surface area contributed by atoms with Crippen LogP contribution in [0.15, 0.2) is 0 Å². The van der Waals surface area contributed by atoms with Crippen molar-refractivity contribution in [3.63, 3.8) is 0 Å². The summed E-state index contributed by atoms with van der Waals surface area (Å²) in [6.45, 7) is 4.79. The van der Waals surface area contributed by atoms with Crippen LogP contribution in [0.3, 0.4) is 0 Å². The highest BCUT2D eigenvalue weighted by molar-refractivity contribution is 7.07. The minimum atomic E-state index is -0.0673. The number of nitrogens with zero attached hydrogens (tertiary/aromatic N) is 3. The van der Waals surface area contributed by atoms with E-state index >= 15 is 0 Å². The van der Waals surface area contributed by atoms with Crippen LogP contribution in [0.25, 0.3) is 0 Å². The molecule has 0 aliphatic heterocycles. The third kappa shape index (κ3) is 2.77. The largest absolute Gasteiger partial charge is 0.327 e. The van der Waals surface area contributed by atoms with Crippen molar-refractivity contribution >= 4 is 17.4 Å². The third-order valence-corrected chi connectivity index (χ3v) is 2.72. The Labute approximate surface area is 93.5 Å². The lowest BCUT2D eigenvalue weighted by Gasteiger charge is -2.18. The summed E-state index contributed by atoms with van der Waals surface area (Å²) in [6, 6.07) is 0. The van der Waals surface area contributed by atoms with Gasteiger partial charge in [-0.1, -0.05) is 17.3 Å². The Hall–Kier alpha value is -1.41. The Kier molecular flexibility index (Phi) is 4.25. The molecule has 0 fully saturated rings. The van der Waals surface area contributed by atoms with E-state index in [1.54, 1.807) is 11.8 Å². The molecule has 0 aromatic carbocycles. The highest BCUT2D eigenvalue weighted by Gasteiger charge is 2.18. The van der Waals surface area contributed by atoms with Gasteiger partial charge >= 0.3 is 0 Å². The Morgan fingerprint density at radius 2 is 2.40 bits per heavy atom. The fourth-order valence-corrected chi connectivity index (χ4v) is 1.83. The average molecular weight is 223 g/mol. The molecule has 80 valence electrons. The summed E-state index contributed by atoms with van der Waals surface area (Å²) in [4.78, 5) is 14.2. The number of amides is 1. The van der Waals surface area contributed by atoms with E-state index in [0.29, 0.717) is 23.7 Å². The Balaban J connectivity index is 2.81. The van der Waals surface area contributed by atoms with Crippen LogP contribution in [-0.4, -0.2) is 33.5 Å². The molecule has 1 aromatic rings. The number of rotatable bonds is 4. The number of aryl methyl sites for hydroxylation is 1. The standard InChI is InChI=1S/C10H13N3OS/c1-4-6-13(7-5-2)10(14)9-8(3)11-12-15-9/h1H,5-7H2,2-3H3. The molecule has 0 bridgehead atoms. The molecule has 0 aliphatic rings. The van der Waals surface area contributed by atoms with Gasteiger partial charge in [-0.2, -0.15) is 0 Å². The molecule has 0 saturated heterocycles. The van der Waals surface area contributed by atoms with E-state index in [1.807, 2.05) is 6.92 Å². The van der Waals surface area contributed by atoms with E-state index in [4.69, 9.17) is 6.42 Å². The van der Waals surface area contributed by atoms with Crippen LogP contribution >= 0.6 is 11.5 Å². The monoisotopic (exact) mass is 223 g/mol. The molecule has 5 heteroatoms. The molecule has 15 heavy (non-hydrogen) atoms. The predicted molar refractivity (Wildman–Crippen MR) is 59.7 cm³/mol. The summed E-state index contributed by atoms with van der Waals surface area (Å²) in [5.74, 6) is 2.42. The molecule has 0 atom stereocenters. The minimum absolute atomic E-state index is 0.0673. The lowest BCUT2D eigenvalue weighted by atomic mass is 10.3. The van der Waals surface area contributed by atoms with Crippen LogP contribution in [0, 0.1) is 19.3 Å². The van der Waals surface area contributed by atoms with Crippen LogP contribution in [0.4, 0.5) is 0 Å². The van der Waals surface area contributed by atoms with Crippen molar-refractivity contribution < 1.29 is 4.79 Å². The Morgan fingerprint density at radius 3 is 2.87 bits per heavy atom. The Bertz CT molecular complexity index is 380. The second kappa shape index (κ2) is 5.47. The zero-order chi connectivity index (χ0) is 11.3. The quantitative estimate of drug-likeness (QED) is 0.723. The van der Waals surface area contributed by atoms with Crippen LogP contribution < -0.4 is 0 Å². The predicted octanol–water partition coefficient (Wildman–Crippen LogP) is 1.33. The average Bonchev–Trinajstić information content (AvgIpc) is 2.63. The number of carbonyl (C=O) groups excluding carboxylic acids is 1. The fourth-order valence-electron chi connectivity index (χ4n) is 1.20. The van der Waals surface area contributed by atoms with Gasteiger partial charge in [-0.25, -0.2) is 0 Å². The molecular formula is C10H13N3OS. The van der Waals surface area contributed by atoms with E-state index in [0.717, 1.165) is 18.0 Å². The summed E-state index contributed by atoms with van der Waals surface area (Å²) in [7, 11) is 0. The molecule has 1 aromatic heterocycles. The zero-order valence-corrected chi connectivity index (χ0v) is 9.67. The van der Waals surface area contributed by atoms with E-state index < -0.39 is 0 Å². The van der Waals surface area contributed by atoms with E-state index in [2.05, 4.69) is 15.5 Å². The van der Waals surface area contributed by atoms with Crippen molar-refractivity contribution in [2.24, 2.45) is 0 Å². The van der Waals surface area contributed by atoms with Gasteiger partial charge in [0.1, 0.15) is 4.88 Å². The van der Waals surface area contributed by atoms with Gasteiger partial charge in [-0.3, -0.25) is 4.79 Å². The van der Waals surface area contributed by atoms with Gasteiger partial charge in [-0.05, 0) is 24.9 Å². The molecule has 1 heterocycles.